The molecule has 0 saturated carbocycles. The number of methoxy groups -OCH3 is 1. The average Bonchev–Trinajstić information content (AvgIpc) is 3.29. The molecule has 3 aromatic rings. The molecule has 2 heterocycles. The van der Waals surface area contributed by atoms with Gasteiger partial charge in [0.1, 0.15) is 11.5 Å². The summed E-state index contributed by atoms with van der Waals surface area (Å²) >= 11 is 0. The number of carbonyl (C=O) groups excluding carboxylic acids is 1. The van der Waals surface area contributed by atoms with Crippen LogP contribution in [0.4, 0.5) is 0 Å². The maximum absolute atomic E-state index is 12.6. The predicted octanol–water partition coefficient (Wildman–Crippen LogP) is 1.96. The lowest BCUT2D eigenvalue weighted by Gasteiger charge is -2.06. The van der Waals surface area contributed by atoms with Crippen LogP contribution in [0.3, 0.4) is 0 Å². The van der Waals surface area contributed by atoms with E-state index in [0.29, 0.717) is 17.4 Å². The Labute approximate surface area is 150 Å². The zero-order chi connectivity index (χ0) is 18.7. The first-order chi connectivity index (χ1) is 12.4. The molecule has 0 aliphatic rings. The van der Waals surface area contributed by atoms with Gasteiger partial charge >= 0.3 is 0 Å². The minimum absolute atomic E-state index is 0.0936. The fraction of sp³-hybridized carbons (Fsp3) is 0.176. The number of oxazole rings is 1. The van der Waals surface area contributed by atoms with Gasteiger partial charge in [0.15, 0.2) is 0 Å². The largest absolute Gasteiger partial charge is 0.497 e. The van der Waals surface area contributed by atoms with Gasteiger partial charge in [0.2, 0.25) is 5.89 Å². The Hall–Kier alpha value is -3.07. The van der Waals surface area contributed by atoms with E-state index in [2.05, 4.69) is 10.3 Å². The number of ether oxygens (including phenoxy) is 1. The van der Waals surface area contributed by atoms with Crippen LogP contribution in [-0.4, -0.2) is 30.4 Å². The molecule has 0 saturated heterocycles. The summed E-state index contributed by atoms with van der Waals surface area (Å²) in [5.41, 5.74) is 0.213. The van der Waals surface area contributed by atoms with E-state index in [1.807, 2.05) is 0 Å². The molecule has 136 valence electrons. The van der Waals surface area contributed by atoms with Crippen molar-refractivity contribution in [1.82, 2.24) is 14.3 Å². The molecule has 0 bridgehead atoms. The van der Waals surface area contributed by atoms with Gasteiger partial charge in [-0.2, -0.15) is 0 Å². The summed E-state index contributed by atoms with van der Waals surface area (Å²) in [6.07, 6.45) is 4.14. The molecule has 0 spiro atoms. The topological polar surface area (TPSA) is 103 Å². The number of amides is 1. The molecule has 0 aliphatic heterocycles. The third kappa shape index (κ3) is 3.62. The second kappa shape index (κ2) is 7.04. The van der Waals surface area contributed by atoms with Crippen LogP contribution in [0.25, 0.3) is 0 Å². The first-order valence-corrected chi connectivity index (χ1v) is 9.11. The Morgan fingerprint density at radius 2 is 2.00 bits per heavy atom. The van der Waals surface area contributed by atoms with Crippen molar-refractivity contribution in [1.29, 1.82) is 0 Å². The molecular formula is C17H17N3O5S. The number of rotatable bonds is 6. The standard InChI is InChI=1S/C17H17N3O5S/c1-12-9-18-16(25-12)10-19-17(21)13-7-8-20(11-13)26(22,23)15-5-3-14(24-2)4-6-15/h3-9,11H,10H2,1-2H3,(H,19,21). The third-order valence-electron chi connectivity index (χ3n) is 3.63. The Balaban J connectivity index is 1.74. The zero-order valence-corrected chi connectivity index (χ0v) is 15.0. The van der Waals surface area contributed by atoms with Crippen molar-refractivity contribution in [3.05, 3.63) is 66.1 Å². The lowest BCUT2D eigenvalue weighted by molar-refractivity contribution is 0.0947. The van der Waals surface area contributed by atoms with Crippen LogP contribution >= 0.6 is 0 Å². The average molecular weight is 375 g/mol. The van der Waals surface area contributed by atoms with E-state index < -0.39 is 15.9 Å². The molecule has 1 aromatic carbocycles. The van der Waals surface area contributed by atoms with E-state index in [-0.39, 0.29) is 17.0 Å². The van der Waals surface area contributed by atoms with Gasteiger partial charge in [-0.15, -0.1) is 0 Å². The third-order valence-corrected chi connectivity index (χ3v) is 5.28. The maximum atomic E-state index is 12.6. The Kier molecular flexibility index (Phi) is 4.81. The van der Waals surface area contributed by atoms with Gasteiger partial charge in [-0.1, -0.05) is 0 Å². The van der Waals surface area contributed by atoms with E-state index in [4.69, 9.17) is 9.15 Å². The molecule has 26 heavy (non-hydrogen) atoms. The number of hydrogen-bond donors (Lipinski definition) is 1. The van der Waals surface area contributed by atoms with E-state index in [9.17, 15) is 13.2 Å². The normalized spacial score (nSPS) is 11.3. The summed E-state index contributed by atoms with van der Waals surface area (Å²) in [5.74, 6) is 1.15. The van der Waals surface area contributed by atoms with Crippen LogP contribution in [0.1, 0.15) is 22.0 Å². The number of aromatic nitrogens is 2. The molecule has 0 aliphatic carbocycles. The van der Waals surface area contributed by atoms with Crippen molar-refractivity contribution >= 4 is 15.9 Å². The van der Waals surface area contributed by atoms with E-state index in [0.717, 1.165) is 3.97 Å². The number of nitrogens with zero attached hydrogens (tertiary/aromatic N) is 2. The maximum Gasteiger partial charge on any atom is 0.267 e. The van der Waals surface area contributed by atoms with Gasteiger partial charge in [-0.05, 0) is 37.3 Å². The van der Waals surface area contributed by atoms with Crippen molar-refractivity contribution < 1.29 is 22.4 Å². The fourth-order valence-corrected chi connectivity index (χ4v) is 3.47. The highest BCUT2D eigenvalue weighted by atomic mass is 32.2. The summed E-state index contributed by atoms with van der Waals surface area (Å²) in [6, 6.07) is 7.43. The molecular weight excluding hydrogens is 358 g/mol. The van der Waals surface area contributed by atoms with Crippen LogP contribution in [0.2, 0.25) is 0 Å². The SMILES string of the molecule is COc1ccc(S(=O)(=O)n2ccc(C(=O)NCc3ncc(C)o3)c2)cc1. The van der Waals surface area contributed by atoms with E-state index >= 15 is 0 Å². The van der Waals surface area contributed by atoms with Crippen LogP contribution in [0.15, 0.2) is 58.2 Å². The molecule has 0 unspecified atom stereocenters. The monoisotopic (exact) mass is 375 g/mol. The minimum Gasteiger partial charge on any atom is -0.497 e. The minimum atomic E-state index is -3.79. The quantitative estimate of drug-likeness (QED) is 0.706. The summed E-state index contributed by atoms with van der Waals surface area (Å²) in [7, 11) is -2.29. The summed E-state index contributed by atoms with van der Waals surface area (Å²) in [6.45, 7) is 1.87. The van der Waals surface area contributed by atoms with Gasteiger partial charge in [-0.25, -0.2) is 17.4 Å². The van der Waals surface area contributed by atoms with Gasteiger partial charge in [-0.3, -0.25) is 4.79 Å². The molecule has 0 atom stereocenters. The molecule has 9 heteroatoms. The van der Waals surface area contributed by atoms with Crippen LogP contribution < -0.4 is 10.1 Å². The van der Waals surface area contributed by atoms with E-state index in [1.165, 1.54) is 37.7 Å². The van der Waals surface area contributed by atoms with Crippen LogP contribution in [0.5, 0.6) is 5.75 Å². The summed E-state index contributed by atoms with van der Waals surface area (Å²) in [5, 5.41) is 2.63. The molecule has 0 radical (unpaired) electrons. The first kappa shape index (κ1) is 17.7. The van der Waals surface area contributed by atoms with Gasteiger partial charge < -0.3 is 14.5 Å². The number of benzene rings is 1. The lowest BCUT2D eigenvalue weighted by Crippen LogP contribution is -2.22. The Bertz CT molecular complexity index is 1020. The van der Waals surface area contributed by atoms with E-state index in [1.54, 1.807) is 25.3 Å². The van der Waals surface area contributed by atoms with Gasteiger partial charge in [0.25, 0.3) is 15.9 Å². The highest BCUT2D eigenvalue weighted by molar-refractivity contribution is 7.90. The second-order valence-corrected chi connectivity index (χ2v) is 7.30. The number of carbonyl (C=O) groups is 1. The predicted molar refractivity (Wildman–Crippen MR) is 92.4 cm³/mol. The second-order valence-electron chi connectivity index (χ2n) is 5.46. The molecule has 3 rings (SSSR count). The fourth-order valence-electron chi connectivity index (χ4n) is 2.27. The van der Waals surface area contributed by atoms with Crippen LogP contribution in [-0.2, 0) is 16.6 Å². The lowest BCUT2D eigenvalue weighted by atomic mass is 10.3. The Morgan fingerprint density at radius 1 is 1.27 bits per heavy atom. The number of aryl methyl sites for hydroxylation is 1. The summed E-state index contributed by atoms with van der Waals surface area (Å²) < 4.78 is 36.5. The van der Waals surface area contributed by atoms with Crippen LogP contribution in [0, 0.1) is 6.92 Å². The van der Waals surface area contributed by atoms with Crippen molar-refractivity contribution in [2.75, 3.05) is 7.11 Å². The smallest absolute Gasteiger partial charge is 0.267 e. The van der Waals surface area contributed by atoms with Gasteiger partial charge in [0, 0.05) is 12.4 Å². The highest BCUT2D eigenvalue weighted by Crippen LogP contribution is 2.19. The van der Waals surface area contributed by atoms with Gasteiger partial charge in [0.05, 0.1) is 30.3 Å². The highest BCUT2D eigenvalue weighted by Gasteiger charge is 2.18. The number of nitrogens with one attached hydrogen (secondary N) is 1. The molecule has 2 aromatic heterocycles. The first-order valence-electron chi connectivity index (χ1n) is 7.67. The molecule has 8 nitrogen and oxygen atoms in total. The molecule has 1 N–H and O–H groups in total. The summed E-state index contributed by atoms with van der Waals surface area (Å²) in [4.78, 5) is 16.3. The van der Waals surface area contributed by atoms with Crippen molar-refractivity contribution in [2.45, 2.75) is 18.4 Å². The van der Waals surface area contributed by atoms with Crippen molar-refractivity contribution in [3.8, 4) is 5.75 Å². The Morgan fingerprint density at radius 3 is 2.62 bits per heavy atom. The zero-order valence-electron chi connectivity index (χ0n) is 14.2. The molecule has 1 amide bonds. The molecule has 0 fully saturated rings. The number of hydrogen-bond acceptors (Lipinski definition) is 6. The van der Waals surface area contributed by atoms with Crippen molar-refractivity contribution in [2.24, 2.45) is 0 Å². The van der Waals surface area contributed by atoms with Crippen molar-refractivity contribution in [3.63, 3.8) is 0 Å².